The minimum Gasteiger partial charge on any atom is -0.461 e. The molecule has 7 rings (SSSR count). The number of esters is 1. The normalized spacial score (nSPS) is 15.8. The molecule has 3 N–H and O–H groups in total. The van der Waals surface area contributed by atoms with Crippen molar-refractivity contribution in [1.29, 1.82) is 0 Å². The first-order valence-electron chi connectivity index (χ1n) is 23.3. The van der Waals surface area contributed by atoms with E-state index in [0.29, 0.717) is 5.71 Å². The summed E-state index contributed by atoms with van der Waals surface area (Å²) in [6.45, 7) is 5.44. The molecule has 4 aromatic rings. The third kappa shape index (κ3) is 12.8. The molecule has 22 heteroatoms. The number of sulfonamides is 2. The molecule has 384 valence electrons. The Morgan fingerprint density at radius 3 is 1.72 bits per heavy atom. The average molecular weight is 1060 g/mol. The lowest BCUT2D eigenvalue weighted by molar-refractivity contribution is -0.455. The minimum atomic E-state index is -5.93. The zero-order valence-electron chi connectivity index (χ0n) is 39.1. The minimum absolute atomic E-state index is 0.0497. The van der Waals surface area contributed by atoms with Crippen molar-refractivity contribution in [2.75, 3.05) is 73.8 Å². The largest absolute Gasteiger partial charge is 0.461 e. The molecule has 15 nitrogen and oxygen atoms in total. The molecule has 0 unspecified atom stereocenters. The van der Waals surface area contributed by atoms with Crippen LogP contribution in [0.1, 0.15) is 67.2 Å². The van der Waals surface area contributed by atoms with Gasteiger partial charge in [-0.05, 0) is 103 Å². The van der Waals surface area contributed by atoms with Gasteiger partial charge in [-0.3, -0.25) is 0 Å². The van der Waals surface area contributed by atoms with E-state index in [1.807, 2.05) is 36.4 Å². The highest BCUT2D eigenvalue weighted by Crippen LogP contribution is 2.38. The Labute approximate surface area is 416 Å². The predicted molar refractivity (Wildman–Crippen MR) is 264 cm³/mol. The Morgan fingerprint density at radius 2 is 1.18 bits per heavy atom. The maximum Gasteiger partial charge on any atom is 0.407 e. The summed E-state index contributed by atoms with van der Waals surface area (Å²) in [7, 11) is -16.3. The van der Waals surface area contributed by atoms with Gasteiger partial charge in [0.15, 0.2) is 38.0 Å². The summed E-state index contributed by atoms with van der Waals surface area (Å²) in [5.41, 5.74) is 8.61. The van der Waals surface area contributed by atoms with E-state index in [9.17, 15) is 34.8 Å². The molecule has 0 saturated carbocycles. The molecule has 2 aliphatic heterocycles. The summed E-state index contributed by atoms with van der Waals surface area (Å²) in [5.74, 6) is -13.9. The van der Waals surface area contributed by atoms with E-state index in [2.05, 4.69) is 84.7 Å². The zero-order chi connectivity index (χ0) is 51.6. The number of carbonyl (C=O) groups is 2. The fourth-order valence-electron chi connectivity index (χ4n) is 8.73. The zero-order valence-corrected chi connectivity index (χ0v) is 41.6. The second kappa shape index (κ2) is 23.5. The lowest BCUT2D eigenvalue weighted by Crippen LogP contribution is -2.73. The van der Waals surface area contributed by atoms with Gasteiger partial charge in [-0.2, -0.15) is 0 Å². The number of anilines is 2. The number of rotatable bonds is 19. The molecule has 72 heavy (non-hydrogen) atoms. The molecular formula is C50H54F4N5O10S3+. The van der Waals surface area contributed by atoms with Crippen LogP contribution >= 0.6 is 0 Å². The number of benzene rings is 4. The number of alkyl carbamates (subject to hydrolysis) is 1. The van der Waals surface area contributed by atoms with Gasteiger partial charge in [0, 0.05) is 56.1 Å². The molecule has 0 aromatic heterocycles. The van der Waals surface area contributed by atoms with Crippen molar-refractivity contribution < 1.29 is 66.9 Å². The number of nitrogens with one attached hydrogen (secondary N) is 3. The van der Waals surface area contributed by atoms with Gasteiger partial charge in [0.2, 0.25) is 15.7 Å². The molecule has 3 aliphatic rings. The Kier molecular flexibility index (Phi) is 17.4. The van der Waals surface area contributed by atoms with E-state index in [1.165, 1.54) is 12.8 Å². The standard InChI is InChI=1S/C50H53F4N5O10S3/c1-2-42(60)68-30-25-56-50(61)69-31-33-70(62,63)48-44(51)46(53)49(47(54)45(48)52)72(66,67)57-71(64,65)32-11-24-55-41-23-22-40(38-12-5-6-13-39(38)41)43(34-14-18-36(19-15-34)58-26-7-3-8-27-58)35-16-20-37(21-17-35)59-28-9-4-10-29-59/h2,5-6,12-23,57H,1,3-4,7-11,24-33H2,(H,56,61)/p+1. The number of nitrogens with zero attached hydrogens (tertiary/aromatic N) is 2. The van der Waals surface area contributed by atoms with Crippen molar-refractivity contribution in [3.63, 3.8) is 0 Å². The fourth-order valence-corrected chi connectivity index (χ4v) is 13.1. The van der Waals surface area contributed by atoms with E-state index < -0.39 is 93.1 Å². The number of piperidine rings is 2. The van der Waals surface area contributed by atoms with Crippen LogP contribution < -0.4 is 24.2 Å². The van der Waals surface area contributed by atoms with Crippen LogP contribution in [0.4, 0.5) is 33.7 Å². The third-order valence-corrected chi connectivity index (χ3v) is 17.5. The van der Waals surface area contributed by atoms with Gasteiger partial charge in [0.1, 0.15) is 24.7 Å². The summed E-state index contributed by atoms with van der Waals surface area (Å²) in [6.07, 6.45) is 10.2. The van der Waals surface area contributed by atoms with Crippen LogP contribution in [0.3, 0.4) is 0 Å². The smallest absolute Gasteiger partial charge is 0.407 e. The molecule has 0 spiro atoms. The summed E-state index contributed by atoms with van der Waals surface area (Å²) < 4.78 is 149. The van der Waals surface area contributed by atoms with E-state index in [1.54, 1.807) is 0 Å². The fraction of sp³-hybridized carbons (Fsp3) is 0.340. The van der Waals surface area contributed by atoms with Crippen LogP contribution in [0.15, 0.2) is 107 Å². The van der Waals surface area contributed by atoms with Crippen molar-refractivity contribution in [3.05, 3.63) is 143 Å². The number of ether oxygens (including phenoxy) is 2. The van der Waals surface area contributed by atoms with Gasteiger partial charge in [0.25, 0.3) is 10.0 Å². The van der Waals surface area contributed by atoms with Crippen LogP contribution in [0, 0.1) is 23.3 Å². The van der Waals surface area contributed by atoms with Crippen molar-refractivity contribution in [2.24, 2.45) is 0 Å². The maximum atomic E-state index is 15.3. The third-order valence-electron chi connectivity index (χ3n) is 12.2. The van der Waals surface area contributed by atoms with Crippen molar-refractivity contribution in [2.45, 2.75) is 54.7 Å². The number of fused-ring (bicyclic) bond motifs is 1. The van der Waals surface area contributed by atoms with Crippen molar-refractivity contribution >= 4 is 70.2 Å². The van der Waals surface area contributed by atoms with Crippen LogP contribution in [-0.2, 0) is 44.2 Å². The number of hydrogen-bond acceptors (Lipinski definition) is 12. The molecule has 2 saturated heterocycles. The van der Waals surface area contributed by atoms with Gasteiger partial charge in [-0.1, -0.05) is 49.0 Å². The van der Waals surface area contributed by atoms with Gasteiger partial charge in [-0.25, -0.2) is 57.4 Å². The maximum absolute atomic E-state index is 15.3. The van der Waals surface area contributed by atoms with Crippen LogP contribution in [0.5, 0.6) is 0 Å². The molecule has 2 fully saturated rings. The lowest BCUT2D eigenvalue weighted by Gasteiger charge is -2.29. The molecule has 0 bridgehead atoms. The van der Waals surface area contributed by atoms with Crippen molar-refractivity contribution in [1.82, 2.24) is 9.44 Å². The van der Waals surface area contributed by atoms with E-state index in [4.69, 9.17) is 0 Å². The number of allylic oxidation sites excluding steroid dienone is 3. The molecule has 0 radical (unpaired) electrons. The number of sulfone groups is 1. The summed E-state index contributed by atoms with van der Waals surface area (Å²) in [4.78, 5) is 26.2. The first kappa shape index (κ1) is 53.4. The van der Waals surface area contributed by atoms with Gasteiger partial charge < -0.3 is 24.6 Å². The second-order valence-electron chi connectivity index (χ2n) is 17.1. The Hall–Kier alpha value is -6.36. The van der Waals surface area contributed by atoms with Gasteiger partial charge in [-0.15, -0.1) is 4.13 Å². The SMILES string of the molecule is C=CC(=O)OCCNC(=O)OCCS(=O)(=O)c1c(F)c(F)c(S(=O)(=O)NS(=O)(=O)CCC[NH+]=C2C=CC(=C(c3ccc(N4CCCCC4)cc3)c3ccc(N4CCCCC4)cc3)c3ccccc32)c(F)c1F. The van der Waals surface area contributed by atoms with Crippen LogP contribution in [0.2, 0.25) is 0 Å². The topological polar surface area (TPSA) is 200 Å². The molecule has 1 amide bonds. The summed E-state index contributed by atoms with van der Waals surface area (Å²) >= 11 is 0. The first-order chi connectivity index (χ1) is 34.4. The first-order valence-corrected chi connectivity index (χ1v) is 28.1. The van der Waals surface area contributed by atoms with Crippen LogP contribution in [-0.4, -0.2) is 107 Å². The lowest BCUT2D eigenvalue weighted by atomic mass is 9.83. The summed E-state index contributed by atoms with van der Waals surface area (Å²) in [5, 5.41) is 2.07. The molecule has 1 aliphatic carbocycles. The summed E-state index contributed by atoms with van der Waals surface area (Å²) in [6, 6.07) is 24.9. The predicted octanol–water partition coefficient (Wildman–Crippen LogP) is 5.55. The van der Waals surface area contributed by atoms with Gasteiger partial charge >= 0.3 is 12.1 Å². The average Bonchev–Trinajstić information content (AvgIpc) is 3.37. The molecule has 0 atom stereocenters. The Balaban J connectivity index is 1.05. The highest BCUT2D eigenvalue weighted by molar-refractivity contribution is 8.04. The monoisotopic (exact) mass is 1060 g/mol. The number of amides is 1. The van der Waals surface area contributed by atoms with E-state index in [0.717, 1.165) is 107 Å². The van der Waals surface area contributed by atoms with E-state index in [-0.39, 0.29) is 26.1 Å². The van der Waals surface area contributed by atoms with Crippen LogP contribution in [0.25, 0.3) is 11.1 Å². The quantitative estimate of drug-likeness (QED) is 0.0349. The van der Waals surface area contributed by atoms with Crippen molar-refractivity contribution in [3.8, 4) is 0 Å². The van der Waals surface area contributed by atoms with Gasteiger partial charge in [0.05, 0.1) is 23.6 Å². The number of carbonyl (C=O) groups excluding carboxylic acids is 2. The Morgan fingerprint density at radius 1 is 0.653 bits per heavy atom. The highest BCUT2D eigenvalue weighted by Gasteiger charge is 2.39. The molecule has 4 aromatic carbocycles. The molecular weight excluding hydrogens is 1000 g/mol. The Bertz CT molecular complexity index is 3030. The van der Waals surface area contributed by atoms with E-state index >= 15 is 17.6 Å². The number of halogens is 4. The second-order valence-corrected chi connectivity index (χ2v) is 22.9. The number of hydrogen-bond donors (Lipinski definition) is 3. The molecule has 2 heterocycles. The highest BCUT2D eigenvalue weighted by atomic mass is 32.3.